The molecule has 130 valence electrons. The second-order valence-corrected chi connectivity index (χ2v) is 7.10. The Labute approximate surface area is 157 Å². The maximum absolute atomic E-state index is 12.4. The predicted octanol–water partition coefficient (Wildman–Crippen LogP) is 4.39. The molecule has 0 atom stereocenters. The van der Waals surface area contributed by atoms with Gasteiger partial charge in [0.2, 0.25) is 0 Å². The van der Waals surface area contributed by atoms with E-state index in [-0.39, 0.29) is 0 Å². The molecule has 0 saturated carbocycles. The highest BCUT2D eigenvalue weighted by Crippen LogP contribution is 2.39. The van der Waals surface area contributed by atoms with Crippen molar-refractivity contribution in [1.82, 2.24) is 18.8 Å². The van der Waals surface area contributed by atoms with Crippen molar-refractivity contribution in [3.63, 3.8) is 0 Å². The molecule has 5 heteroatoms. The molecule has 0 radical (unpaired) electrons. The van der Waals surface area contributed by atoms with Crippen LogP contribution in [0, 0.1) is 0 Å². The van der Waals surface area contributed by atoms with E-state index in [1.54, 1.807) is 0 Å². The summed E-state index contributed by atoms with van der Waals surface area (Å²) in [5.41, 5.74) is 4.01. The average molecular weight is 360 g/mol. The van der Waals surface area contributed by atoms with Crippen LogP contribution in [0.2, 0.25) is 0 Å². The summed E-state index contributed by atoms with van der Waals surface area (Å²) in [5.74, 6) is 0. The van der Waals surface area contributed by atoms with Crippen LogP contribution in [0.5, 0.6) is 0 Å². The molecule has 0 aliphatic rings. The topological polar surface area (TPSA) is 51.7 Å². The first-order chi connectivity index (χ1) is 13.8. The summed E-state index contributed by atoms with van der Waals surface area (Å²) in [5, 5.41) is 5.31. The molecule has 0 amide bonds. The minimum absolute atomic E-state index is 0.459. The Morgan fingerprint density at radius 2 is 1.11 bits per heavy atom. The largest absolute Gasteiger partial charge is 0.371 e. The van der Waals surface area contributed by atoms with E-state index < -0.39 is 5.69 Å². The quantitative estimate of drug-likeness (QED) is 0.298. The van der Waals surface area contributed by atoms with Crippen molar-refractivity contribution in [3.8, 4) is 0 Å². The fourth-order valence-electron chi connectivity index (χ4n) is 4.67. The molecule has 5 nitrogen and oxygen atoms in total. The molecule has 0 spiro atoms. The fraction of sp³-hybridized carbons (Fsp3) is 0. The van der Waals surface area contributed by atoms with Crippen molar-refractivity contribution in [2.45, 2.75) is 0 Å². The Kier molecular flexibility index (Phi) is 2.34. The molecule has 0 bridgehead atoms. The van der Waals surface area contributed by atoms with Crippen LogP contribution in [0.25, 0.3) is 54.9 Å². The summed E-state index contributed by atoms with van der Waals surface area (Å²) in [7, 11) is 0. The SMILES string of the molecule is O=c1nc2c3ccccc3c3c4ccccc4n4c5ccccc5c(n1)n2c34. The second kappa shape index (κ2) is 4.64. The minimum Gasteiger partial charge on any atom is -0.294 e. The number of nitrogens with zero attached hydrogens (tertiary/aromatic N) is 4. The number of hydrogen-bond donors (Lipinski definition) is 0. The van der Waals surface area contributed by atoms with Gasteiger partial charge >= 0.3 is 5.69 Å². The highest BCUT2D eigenvalue weighted by Gasteiger charge is 2.21. The van der Waals surface area contributed by atoms with Gasteiger partial charge in [-0.3, -0.25) is 8.80 Å². The van der Waals surface area contributed by atoms with Gasteiger partial charge in [0.1, 0.15) is 5.65 Å². The van der Waals surface area contributed by atoms with E-state index in [0.717, 1.165) is 38.2 Å². The Morgan fingerprint density at radius 1 is 0.571 bits per heavy atom. The molecule has 4 aromatic heterocycles. The van der Waals surface area contributed by atoms with Crippen molar-refractivity contribution in [2.75, 3.05) is 0 Å². The van der Waals surface area contributed by atoms with Gasteiger partial charge in [0.25, 0.3) is 0 Å². The molecule has 0 N–H and O–H groups in total. The normalized spacial score (nSPS) is 12.4. The van der Waals surface area contributed by atoms with E-state index in [1.165, 1.54) is 5.39 Å². The van der Waals surface area contributed by atoms with Crippen LogP contribution in [0.1, 0.15) is 0 Å². The van der Waals surface area contributed by atoms with Crippen molar-refractivity contribution in [1.29, 1.82) is 0 Å². The lowest BCUT2D eigenvalue weighted by Crippen LogP contribution is -2.16. The first kappa shape index (κ1) is 14.1. The third-order valence-corrected chi connectivity index (χ3v) is 5.71. The number of rotatable bonds is 0. The summed E-state index contributed by atoms with van der Waals surface area (Å²) in [6, 6.07) is 24.7. The molecule has 28 heavy (non-hydrogen) atoms. The fourth-order valence-corrected chi connectivity index (χ4v) is 4.67. The van der Waals surface area contributed by atoms with Gasteiger partial charge < -0.3 is 0 Å². The van der Waals surface area contributed by atoms with Crippen molar-refractivity contribution in [2.24, 2.45) is 0 Å². The molecule has 3 aromatic carbocycles. The van der Waals surface area contributed by atoms with E-state index in [0.29, 0.717) is 11.3 Å². The van der Waals surface area contributed by atoms with E-state index >= 15 is 0 Å². The van der Waals surface area contributed by atoms with E-state index in [2.05, 4.69) is 50.8 Å². The van der Waals surface area contributed by atoms with Gasteiger partial charge in [-0.1, -0.05) is 54.6 Å². The molecule has 7 aromatic rings. The molecular formula is C23H12N4O. The molecular weight excluding hydrogens is 348 g/mol. The average Bonchev–Trinajstić information content (AvgIpc) is 3.09. The first-order valence-electron chi connectivity index (χ1n) is 9.17. The van der Waals surface area contributed by atoms with Crippen LogP contribution >= 0.6 is 0 Å². The predicted molar refractivity (Wildman–Crippen MR) is 111 cm³/mol. The van der Waals surface area contributed by atoms with Gasteiger partial charge in [-0.25, -0.2) is 4.79 Å². The van der Waals surface area contributed by atoms with Crippen LogP contribution < -0.4 is 5.69 Å². The van der Waals surface area contributed by atoms with Crippen LogP contribution in [-0.2, 0) is 0 Å². The highest BCUT2D eigenvalue weighted by molar-refractivity contribution is 6.24. The molecule has 0 aliphatic carbocycles. The van der Waals surface area contributed by atoms with Crippen molar-refractivity contribution in [3.05, 3.63) is 83.3 Å². The van der Waals surface area contributed by atoms with Gasteiger partial charge in [0.05, 0.1) is 11.0 Å². The monoisotopic (exact) mass is 360 g/mol. The van der Waals surface area contributed by atoms with Gasteiger partial charge in [-0.2, -0.15) is 9.97 Å². The van der Waals surface area contributed by atoms with E-state index in [1.807, 2.05) is 40.8 Å². The molecule has 7 rings (SSSR count). The van der Waals surface area contributed by atoms with Crippen molar-refractivity contribution < 1.29 is 0 Å². The number of para-hydroxylation sites is 2. The Hall–Kier alpha value is -3.99. The molecule has 0 fully saturated rings. The Bertz CT molecular complexity index is 1670. The maximum atomic E-state index is 12.4. The third kappa shape index (κ3) is 1.48. The third-order valence-electron chi connectivity index (χ3n) is 5.71. The lowest BCUT2D eigenvalue weighted by molar-refractivity contribution is 1.03. The highest BCUT2D eigenvalue weighted by atomic mass is 16.1. The summed E-state index contributed by atoms with van der Waals surface area (Å²) in [6.45, 7) is 0. The number of fused-ring (bicyclic) bond motifs is 9. The zero-order valence-corrected chi connectivity index (χ0v) is 14.6. The van der Waals surface area contributed by atoms with Crippen molar-refractivity contribution >= 4 is 54.9 Å². The van der Waals surface area contributed by atoms with Gasteiger partial charge in [0, 0.05) is 21.5 Å². The van der Waals surface area contributed by atoms with E-state index in [9.17, 15) is 4.79 Å². The first-order valence-corrected chi connectivity index (χ1v) is 9.17. The molecule has 4 heterocycles. The zero-order chi connectivity index (χ0) is 18.4. The number of benzene rings is 3. The van der Waals surface area contributed by atoms with Crippen LogP contribution in [0.4, 0.5) is 0 Å². The maximum Gasteiger partial charge on any atom is 0.371 e. The number of pyridine rings is 1. The number of aromatic nitrogens is 4. The van der Waals surface area contributed by atoms with Gasteiger partial charge in [-0.15, -0.1) is 0 Å². The summed E-state index contributed by atoms with van der Waals surface area (Å²) in [4.78, 5) is 21.0. The number of hydrogen-bond acceptors (Lipinski definition) is 3. The van der Waals surface area contributed by atoms with Gasteiger partial charge in [-0.05, 0) is 23.6 Å². The lowest BCUT2D eigenvalue weighted by atomic mass is 10.1. The Balaban J connectivity index is 2.07. The summed E-state index contributed by atoms with van der Waals surface area (Å²) >= 11 is 0. The smallest absolute Gasteiger partial charge is 0.294 e. The van der Waals surface area contributed by atoms with Crippen LogP contribution in [-0.4, -0.2) is 18.8 Å². The van der Waals surface area contributed by atoms with Crippen LogP contribution in [0.3, 0.4) is 0 Å². The minimum atomic E-state index is -0.459. The van der Waals surface area contributed by atoms with E-state index in [4.69, 9.17) is 0 Å². The standard InChI is InChI=1S/C23H12N4O/c28-23-24-20-14-8-2-1-7-13(14)19-15-9-3-5-11-17(15)26-18-12-6-4-10-16(18)21(25-23)27(20)22(19)26/h1-12H. The molecule has 0 unspecified atom stereocenters. The summed E-state index contributed by atoms with van der Waals surface area (Å²) < 4.78 is 4.31. The summed E-state index contributed by atoms with van der Waals surface area (Å²) in [6.07, 6.45) is 0. The lowest BCUT2D eigenvalue weighted by Gasteiger charge is -2.14. The zero-order valence-electron chi connectivity index (χ0n) is 14.6. The Morgan fingerprint density at radius 3 is 1.86 bits per heavy atom. The second-order valence-electron chi connectivity index (χ2n) is 7.10. The van der Waals surface area contributed by atoms with Gasteiger partial charge in [0.15, 0.2) is 11.3 Å². The molecule has 0 saturated heterocycles. The van der Waals surface area contributed by atoms with Crippen LogP contribution in [0.15, 0.2) is 77.6 Å². The molecule has 0 aliphatic heterocycles.